The number of para-hydroxylation sites is 1. The third kappa shape index (κ3) is 2.77. The molecule has 2 heterocycles. The number of rotatable bonds is 2. The van der Waals surface area contributed by atoms with Crippen LogP contribution in [0, 0.1) is 5.92 Å². The van der Waals surface area contributed by atoms with E-state index in [0.29, 0.717) is 5.92 Å². The highest BCUT2D eigenvalue weighted by molar-refractivity contribution is 5.46. The van der Waals surface area contributed by atoms with Gasteiger partial charge in [-0.3, -0.25) is 0 Å². The number of piperidine rings is 1. The van der Waals surface area contributed by atoms with Gasteiger partial charge in [-0.2, -0.15) is 0 Å². The van der Waals surface area contributed by atoms with Gasteiger partial charge in [-0.1, -0.05) is 18.2 Å². The van der Waals surface area contributed by atoms with Gasteiger partial charge in [0.15, 0.2) is 0 Å². The summed E-state index contributed by atoms with van der Waals surface area (Å²) in [6.07, 6.45) is 3.79. The fraction of sp³-hybridized carbons (Fsp3) is 0.625. The summed E-state index contributed by atoms with van der Waals surface area (Å²) in [5, 5.41) is 10.9. The lowest BCUT2D eigenvalue weighted by molar-refractivity contribution is -0.0790. The highest BCUT2D eigenvalue weighted by atomic mass is 16.5. The Bertz CT molecular complexity index is 392. The molecule has 0 unspecified atom stereocenters. The SMILES string of the molecule is OC1(C2CCOCC2)CCN(c2ccccc2)CC1. The summed E-state index contributed by atoms with van der Waals surface area (Å²) in [4.78, 5) is 2.38. The quantitative estimate of drug-likeness (QED) is 0.887. The number of nitrogens with zero attached hydrogens (tertiary/aromatic N) is 1. The highest BCUT2D eigenvalue weighted by Crippen LogP contribution is 2.36. The summed E-state index contributed by atoms with van der Waals surface area (Å²) in [5.74, 6) is 0.430. The maximum absolute atomic E-state index is 10.9. The Morgan fingerprint density at radius 1 is 1.05 bits per heavy atom. The Hall–Kier alpha value is -1.06. The summed E-state index contributed by atoms with van der Waals surface area (Å²) in [6.45, 7) is 3.54. The largest absolute Gasteiger partial charge is 0.389 e. The molecule has 19 heavy (non-hydrogen) atoms. The van der Waals surface area contributed by atoms with Crippen molar-refractivity contribution in [2.24, 2.45) is 5.92 Å². The number of hydrogen-bond acceptors (Lipinski definition) is 3. The van der Waals surface area contributed by atoms with Crippen LogP contribution in [-0.2, 0) is 4.74 Å². The van der Waals surface area contributed by atoms with Gasteiger partial charge in [-0.25, -0.2) is 0 Å². The van der Waals surface area contributed by atoms with Crippen LogP contribution in [0.4, 0.5) is 5.69 Å². The summed E-state index contributed by atoms with van der Waals surface area (Å²) in [5.41, 5.74) is 0.811. The molecule has 0 aliphatic carbocycles. The van der Waals surface area contributed by atoms with E-state index >= 15 is 0 Å². The minimum atomic E-state index is -0.463. The molecule has 3 heteroatoms. The van der Waals surface area contributed by atoms with Gasteiger partial charge in [0.25, 0.3) is 0 Å². The standard InChI is InChI=1S/C16H23NO2/c18-16(14-6-12-19-13-7-14)8-10-17(11-9-16)15-4-2-1-3-5-15/h1-5,14,18H,6-13H2. The third-order valence-electron chi connectivity index (χ3n) is 4.73. The first-order valence-corrected chi connectivity index (χ1v) is 7.38. The number of aliphatic hydroxyl groups is 1. The molecular formula is C16H23NO2. The maximum atomic E-state index is 10.9. The van der Waals surface area contributed by atoms with Crippen LogP contribution in [0.25, 0.3) is 0 Å². The van der Waals surface area contributed by atoms with Gasteiger partial charge in [-0.15, -0.1) is 0 Å². The number of anilines is 1. The fourth-order valence-electron chi connectivity index (χ4n) is 3.43. The van der Waals surface area contributed by atoms with E-state index in [1.54, 1.807) is 0 Å². The van der Waals surface area contributed by atoms with Crippen molar-refractivity contribution in [1.29, 1.82) is 0 Å². The van der Waals surface area contributed by atoms with Crippen molar-refractivity contribution < 1.29 is 9.84 Å². The lowest BCUT2D eigenvalue weighted by Crippen LogP contribution is -2.50. The van der Waals surface area contributed by atoms with E-state index in [9.17, 15) is 5.11 Å². The molecule has 0 aromatic heterocycles. The second-order valence-corrected chi connectivity index (χ2v) is 5.81. The van der Waals surface area contributed by atoms with Crippen LogP contribution in [0.5, 0.6) is 0 Å². The molecular weight excluding hydrogens is 238 g/mol. The predicted molar refractivity (Wildman–Crippen MR) is 76.4 cm³/mol. The molecule has 1 aromatic carbocycles. The van der Waals surface area contributed by atoms with Crippen LogP contribution in [0.3, 0.4) is 0 Å². The molecule has 3 nitrogen and oxygen atoms in total. The molecule has 104 valence electrons. The van der Waals surface area contributed by atoms with Crippen LogP contribution in [0.1, 0.15) is 25.7 Å². The topological polar surface area (TPSA) is 32.7 Å². The van der Waals surface area contributed by atoms with Gasteiger partial charge in [0.1, 0.15) is 0 Å². The molecule has 2 aliphatic heterocycles. The van der Waals surface area contributed by atoms with Crippen LogP contribution in [-0.4, -0.2) is 37.0 Å². The molecule has 0 atom stereocenters. The average Bonchev–Trinajstić information content (AvgIpc) is 2.50. The van der Waals surface area contributed by atoms with Gasteiger partial charge in [0.05, 0.1) is 5.60 Å². The minimum absolute atomic E-state index is 0.430. The Balaban J connectivity index is 1.62. The van der Waals surface area contributed by atoms with Crippen LogP contribution < -0.4 is 4.90 Å². The molecule has 1 aromatic rings. The Morgan fingerprint density at radius 3 is 2.32 bits per heavy atom. The van der Waals surface area contributed by atoms with Crippen molar-refractivity contribution >= 4 is 5.69 Å². The number of ether oxygens (including phenoxy) is 1. The Morgan fingerprint density at radius 2 is 1.68 bits per heavy atom. The first-order valence-electron chi connectivity index (χ1n) is 7.38. The van der Waals surface area contributed by atoms with E-state index in [-0.39, 0.29) is 0 Å². The van der Waals surface area contributed by atoms with Crippen LogP contribution in [0.2, 0.25) is 0 Å². The van der Waals surface area contributed by atoms with E-state index in [2.05, 4.69) is 29.2 Å². The number of benzene rings is 1. The minimum Gasteiger partial charge on any atom is -0.389 e. The summed E-state index contributed by atoms with van der Waals surface area (Å²) < 4.78 is 5.40. The van der Waals surface area contributed by atoms with Gasteiger partial charge in [0, 0.05) is 32.0 Å². The van der Waals surface area contributed by atoms with Crippen molar-refractivity contribution in [3.8, 4) is 0 Å². The zero-order valence-electron chi connectivity index (χ0n) is 11.4. The van der Waals surface area contributed by atoms with Crippen molar-refractivity contribution in [1.82, 2.24) is 0 Å². The zero-order valence-corrected chi connectivity index (χ0v) is 11.4. The van der Waals surface area contributed by atoms with Gasteiger partial charge in [0.2, 0.25) is 0 Å². The Kier molecular flexibility index (Phi) is 3.76. The molecule has 2 fully saturated rings. The van der Waals surface area contributed by atoms with Gasteiger partial charge >= 0.3 is 0 Å². The van der Waals surface area contributed by atoms with Crippen molar-refractivity contribution in [2.45, 2.75) is 31.3 Å². The summed E-state index contributed by atoms with van der Waals surface area (Å²) >= 11 is 0. The smallest absolute Gasteiger partial charge is 0.0711 e. The first-order chi connectivity index (χ1) is 9.28. The molecule has 1 N–H and O–H groups in total. The van der Waals surface area contributed by atoms with E-state index < -0.39 is 5.60 Å². The molecule has 3 rings (SSSR count). The first kappa shape index (κ1) is 12.9. The second kappa shape index (κ2) is 5.51. The van der Waals surface area contributed by atoms with E-state index in [4.69, 9.17) is 4.74 Å². The van der Waals surface area contributed by atoms with Crippen LogP contribution >= 0.6 is 0 Å². The molecule has 0 bridgehead atoms. The monoisotopic (exact) mass is 261 g/mol. The van der Waals surface area contributed by atoms with E-state index in [1.165, 1.54) is 5.69 Å². The van der Waals surface area contributed by atoms with Crippen LogP contribution in [0.15, 0.2) is 30.3 Å². The molecule has 2 aliphatic rings. The zero-order chi connectivity index (χ0) is 13.1. The average molecular weight is 261 g/mol. The number of hydrogen-bond donors (Lipinski definition) is 1. The molecule has 0 saturated carbocycles. The summed E-state index contributed by atoms with van der Waals surface area (Å²) in [7, 11) is 0. The van der Waals surface area contributed by atoms with Gasteiger partial charge < -0.3 is 14.7 Å². The second-order valence-electron chi connectivity index (χ2n) is 5.81. The van der Waals surface area contributed by atoms with Crippen molar-refractivity contribution in [3.63, 3.8) is 0 Å². The van der Waals surface area contributed by atoms with E-state index in [0.717, 1.165) is 52.0 Å². The van der Waals surface area contributed by atoms with E-state index in [1.807, 2.05) is 6.07 Å². The molecule has 0 amide bonds. The fourth-order valence-corrected chi connectivity index (χ4v) is 3.43. The lowest BCUT2D eigenvalue weighted by atomic mass is 9.75. The molecule has 0 spiro atoms. The van der Waals surface area contributed by atoms with Gasteiger partial charge in [-0.05, 0) is 43.7 Å². The normalized spacial score (nSPS) is 24.4. The lowest BCUT2D eigenvalue weighted by Gasteiger charge is -2.45. The van der Waals surface area contributed by atoms with Crippen molar-refractivity contribution in [2.75, 3.05) is 31.2 Å². The maximum Gasteiger partial charge on any atom is 0.0711 e. The third-order valence-corrected chi connectivity index (χ3v) is 4.73. The molecule has 2 saturated heterocycles. The highest BCUT2D eigenvalue weighted by Gasteiger charge is 2.40. The Labute approximate surface area is 115 Å². The molecule has 0 radical (unpaired) electrons. The predicted octanol–water partition coefficient (Wildman–Crippen LogP) is 2.44. The summed E-state index contributed by atoms with van der Waals surface area (Å²) in [6, 6.07) is 10.5. The van der Waals surface area contributed by atoms with Crippen molar-refractivity contribution in [3.05, 3.63) is 30.3 Å².